The first-order chi connectivity index (χ1) is 6.22. The second-order valence-electron chi connectivity index (χ2n) is 2.68. The van der Waals surface area contributed by atoms with E-state index in [1.165, 1.54) is 18.6 Å². The summed E-state index contributed by atoms with van der Waals surface area (Å²) in [6, 6.07) is 4.36. The molecule has 1 aromatic heterocycles. The Hall–Kier alpha value is 0.0600. The van der Waals surface area contributed by atoms with Gasteiger partial charge in [-0.25, -0.2) is 0 Å². The van der Waals surface area contributed by atoms with Gasteiger partial charge in [0.2, 0.25) is 0 Å². The summed E-state index contributed by atoms with van der Waals surface area (Å²) in [6.45, 7) is 0. The quantitative estimate of drug-likeness (QED) is 0.638. The van der Waals surface area contributed by atoms with Crippen molar-refractivity contribution < 1.29 is 0 Å². The van der Waals surface area contributed by atoms with Crippen molar-refractivity contribution in [1.82, 2.24) is 0 Å². The van der Waals surface area contributed by atoms with Crippen LogP contribution in [0.5, 0.6) is 0 Å². The van der Waals surface area contributed by atoms with Crippen molar-refractivity contribution in [1.29, 1.82) is 0 Å². The fourth-order valence-electron chi connectivity index (χ4n) is 1.21. The van der Waals surface area contributed by atoms with Crippen LogP contribution >= 0.6 is 45.7 Å². The van der Waals surface area contributed by atoms with Crippen LogP contribution in [0.4, 0.5) is 5.69 Å². The predicted octanol–water partition coefficient (Wildman–Crippen LogP) is 3.81. The van der Waals surface area contributed by atoms with Gasteiger partial charge in [0.25, 0.3) is 0 Å². The molecule has 0 aliphatic rings. The monoisotopic (exact) mass is 321 g/mol. The van der Waals surface area contributed by atoms with E-state index in [1.807, 2.05) is 5.38 Å². The lowest BCUT2D eigenvalue weighted by molar-refractivity contribution is 1.50. The minimum Gasteiger partial charge on any atom is -0.398 e. The number of anilines is 1. The van der Waals surface area contributed by atoms with E-state index in [9.17, 15) is 0 Å². The van der Waals surface area contributed by atoms with Crippen molar-refractivity contribution in [3.8, 4) is 0 Å². The molecule has 1 aromatic carbocycles. The maximum atomic E-state index is 5.87. The van der Waals surface area contributed by atoms with E-state index < -0.39 is 0 Å². The maximum absolute atomic E-state index is 5.87. The van der Waals surface area contributed by atoms with Gasteiger partial charge >= 0.3 is 0 Å². The number of nitrogens with two attached hydrogens (primary N) is 1. The molecule has 0 atom stereocenters. The number of nitrogen functional groups attached to an aromatic ring is 1. The second-order valence-corrected chi connectivity index (χ2v) is 5.60. The maximum Gasteiger partial charge on any atom is 0.0503 e. The normalized spacial score (nSPS) is 10.9. The molecule has 0 aliphatic carbocycles. The van der Waals surface area contributed by atoms with Gasteiger partial charge in [-0.2, -0.15) is 0 Å². The third-order valence-electron chi connectivity index (χ3n) is 1.87. The van der Waals surface area contributed by atoms with Crippen molar-refractivity contribution in [2.45, 2.75) is 4.90 Å². The van der Waals surface area contributed by atoms with E-state index in [4.69, 9.17) is 5.73 Å². The molecule has 4 heteroatoms. The molecule has 0 bridgehead atoms. The highest BCUT2D eigenvalue weighted by atomic mass is 127. The van der Waals surface area contributed by atoms with Crippen molar-refractivity contribution in [2.75, 3.05) is 12.0 Å². The van der Waals surface area contributed by atoms with Crippen molar-refractivity contribution in [3.63, 3.8) is 0 Å². The second kappa shape index (κ2) is 3.67. The Morgan fingerprint density at radius 1 is 1.46 bits per heavy atom. The molecule has 0 unspecified atom stereocenters. The summed E-state index contributed by atoms with van der Waals surface area (Å²) in [4.78, 5) is 1.28. The third kappa shape index (κ3) is 1.67. The van der Waals surface area contributed by atoms with Crippen LogP contribution in [0.2, 0.25) is 0 Å². The van der Waals surface area contributed by atoms with E-state index in [0.717, 1.165) is 5.69 Å². The van der Waals surface area contributed by atoms with Gasteiger partial charge in [0.1, 0.15) is 0 Å². The first-order valence-electron chi connectivity index (χ1n) is 3.72. The van der Waals surface area contributed by atoms with Crippen molar-refractivity contribution >= 4 is 61.5 Å². The number of benzene rings is 1. The summed E-state index contributed by atoms with van der Waals surface area (Å²) >= 11 is 5.83. The van der Waals surface area contributed by atoms with E-state index in [1.54, 1.807) is 23.1 Å². The largest absolute Gasteiger partial charge is 0.398 e. The van der Waals surface area contributed by atoms with E-state index in [0.29, 0.717) is 0 Å². The molecular weight excluding hydrogens is 313 g/mol. The van der Waals surface area contributed by atoms with Crippen LogP contribution < -0.4 is 5.73 Å². The summed E-state index contributed by atoms with van der Waals surface area (Å²) in [7, 11) is 0. The van der Waals surface area contributed by atoms with Crippen LogP contribution in [0.1, 0.15) is 0 Å². The fourth-order valence-corrected chi connectivity index (χ4v) is 3.74. The lowest BCUT2D eigenvalue weighted by Gasteiger charge is -1.99. The number of hydrogen-bond acceptors (Lipinski definition) is 3. The Morgan fingerprint density at radius 2 is 2.23 bits per heavy atom. The number of hydrogen-bond donors (Lipinski definition) is 1. The summed E-state index contributed by atoms with van der Waals surface area (Å²) < 4.78 is 2.59. The van der Waals surface area contributed by atoms with Crippen LogP contribution in [0.15, 0.2) is 22.4 Å². The molecule has 0 fully saturated rings. The average molecular weight is 321 g/mol. The number of thioether (sulfide) groups is 1. The average Bonchev–Trinajstić information content (AvgIpc) is 2.48. The molecule has 0 saturated carbocycles. The highest BCUT2D eigenvalue weighted by molar-refractivity contribution is 14.1. The molecule has 13 heavy (non-hydrogen) atoms. The summed E-state index contributed by atoms with van der Waals surface area (Å²) in [6.07, 6.45) is 2.08. The number of fused-ring (bicyclic) bond motifs is 1. The number of halogens is 1. The van der Waals surface area contributed by atoms with Crippen LogP contribution in [-0.2, 0) is 0 Å². The Morgan fingerprint density at radius 3 is 2.92 bits per heavy atom. The Bertz CT molecular complexity index is 450. The molecule has 0 radical (unpaired) electrons. The Kier molecular flexibility index (Phi) is 2.71. The Balaban J connectivity index is 2.80. The zero-order valence-electron chi connectivity index (χ0n) is 7.00. The SMILES string of the molecule is CSc1cc(I)c2scc(N)c2c1. The molecule has 0 amide bonds. The van der Waals surface area contributed by atoms with Gasteiger partial charge in [0, 0.05) is 23.9 Å². The number of rotatable bonds is 1. The standard InChI is InChI=1S/C9H8INS2/c1-12-5-2-6-8(11)4-13-9(6)7(10)3-5/h2-4H,11H2,1H3. The Labute approximate surface area is 98.8 Å². The van der Waals surface area contributed by atoms with Crippen LogP contribution in [0.25, 0.3) is 10.1 Å². The van der Waals surface area contributed by atoms with Crippen LogP contribution in [0.3, 0.4) is 0 Å². The van der Waals surface area contributed by atoms with Gasteiger partial charge in [-0.15, -0.1) is 23.1 Å². The summed E-state index contributed by atoms with van der Waals surface area (Å²) in [5.74, 6) is 0. The fraction of sp³-hybridized carbons (Fsp3) is 0.111. The molecule has 2 rings (SSSR count). The smallest absolute Gasteiger partial charge is 0.0503 e. The molecule has 0 aliphatic heterocycles. The summed E-state index contributed by atoms with van der Waals surface area (Å²) in [5.41, 5.74) is 6.76. The van der Waals surface area contributed by atoms with Gasteiger partial charge in [0.05, 0.1) is 5.69 Å². The molecule has 2 N–H and O–H groups in total. The van der Waals surface area contributed by atoms with Gasteiger partial charge in [-0.05, 0) is 41.0 Å². The van der Waals surface area contributed by atoms with Gasteiger partial charge < -0.3 is 5.73 Å². The van der Waals surface area contributed by atoms with E-state index in [2.05, 4.69) is 41.0 Å². The lowest BCUT2D eigenvalue weighted by Crippen LogP contribution is -1.82. The van der Waals surface area contributed by atoms with E-state index in [-0.39, 0.29) is 0 Å². The van der Waals surface area contributed by atoms with E-state index >= 15 is 0 Å². The van der Waals surface area contributed by atoms with Gasteiger partial charge in [-0.1, -0.05) is 0 Å². The minimum absolute atomic E-state index is 0.897. The molecular formula is C9H8INS2. The topological polar surface area (TPSA) is 26.0 Å². The third-order valence-corrected chi connectivity index (χ3v) is 4.84. The summed E-state index contributed by atoms with van der Waals surface area (Å²) in [5, 5.41) is 3.21. The van der Waals surface area contributed by atoms with Crippen LogP contribution in [0, 0.1) is 3.57 Å². The predicted molar refractivity (Wildman–Crippen MR) is 70.7 cm³/mol. The van der Waals surface area contributed by atoms with Gasteiger partial charge in [0.15, 0.2) is 0 Å². The van der Waals surface area contributed by atoms with Crippen LogP contribution in [-0.4, -0.2) is 6.26 Å². The van der Waals surface area contributed by atoms with Crippen molar-refractivity contribution in [3.05, 3.63) is 21.1 Å². The highest BCUT2D eigenvalue weighted by Gasteiger charge is 2.05. The zero-order valence-corrected chi connectivity index (χ0v) is 10.8. The zero-order chi connectivity index (χ0) is 9.42. The molecule has 0 spiro atoms. The number of thiophene rings is 1. The van der Waals surface area contributed by atoms with Gasteiger partial charge in [-0.3, -0.25) is 0 Å². The molecule has 2 aromatic rings. The molecule has 0 saturated heterocycles. The minimum atomic E-state index is 0.897. The van der Waals surface area contributed by atoms with Crippen molar-refractivity contribution in [2.24, 2.45) is 0 Å². The highest BCUT2D eigenvalue weighted by Crippen LogP contribution is 2.34. The first kappa shape index (κ1) is 9.61. The first-order valence-corrected chi connectivity index (χ1v) is 6.91. The molecule has 1 nitrogen and oxygen atoms in total. The lowest BCUT2D eigenvalue weighted by atomic mass is 10.2. The molecule has 1 heterocycles. The molecule has 68 valence electrons.